The van der Waals surface area contributed by atoms with Crippen LogP contribution in [0.5, 0.6) is 0 Å². The lowest BCUT2D eigenvalue weighted by Gasteiger charge is -2.33. The zero-order valence-electron chi connectivity index (χ0n) is 10.4. The number of nitrogens with two attached hydrogens (primary N) is 1. The number of nitrogens with one attached hydrogen (secondary N) is 1. The topological polar surface area (TPSA) is 73.6 Å². The largest absolute Gasteiger partial charge is 0.381 e. The maximum atomic E-state index is 12.1. The zero-order chi connectivity index (χ0) is 12.3. The average Bonchev–Trinajstić information content (AvgIpc) is 2.83. The monoisotopic (exact) mass is 242 g/mol. The summed E-state index contributed by atoms with van der Waals surface area (Å²) >= 11 is 0. The van der Waals surface area contributed by atoms with Crippen LogP contribution in [0.4, 0.5) is 0 Å². The molecule has 0 radical (unpaired) electrons. The molecular weight excluding hydrogens is 220 g/mol. The molecule has 98 valence electrons. The van der Waals surface area contributed by atoms with Crippen molar-refractivity contribution in [1.82, 2.24) is 5.32 Å². The van der Waals surface area contributed by atoms with Crippen LogP contribution in [-0.2, 0) is 14.3 Å². The van der Waals surface area contributed by atoms with Gasteiger partial charge in [-0.15, -0.1) is 0 Å². The SMILES string of the molecule is CC(NC(=O)C1(N)CCOCC1)C1CCCO1. The van der Waals surface area contributed by atoms with Crippen LogP contribution in [0.3, 0.4) is 0 Å². The van der Waals surface area contributed by atoms with Gasteiger partial charge in [-0.1, -0.05) is 0 Å². The summed E-state index contributed by atoms with van der Waals surface area (Å²) in [6.07, 6.45) is 3.42. The summed E-state index contributed by atoms with van der Waals surface area (Å²) in [6.45, 7) is 3.92. The molecule has 0 bridgehead atoms. The lowest BCUT2D eigenvalue weighted by molar-refractivity contribution is -0.131. The first-order chi connectivity index (χ1) is 8.12. The van der Waals surface area contributed by atoms with Gasteiger partial charge in [0.25, 0.3) is 0 Å². The van der Waals surface area contributed by atoms with Crippen molar-refractivity contribution in [3.63, 3.8) is 0 Å². The van der Waals surface area contributed by atoms with Gasteiger partial charge < -0.3 is 20.5 Å². The highest BCUT2D eigenvalue weighted by Crippen LogP contribution is 2.20. The van der Waals surface area contributed by atoms with E-state index in [-0.39, 0.29) is 18.1 Å². The molecule has 2 fully saturated rings. The Labute approximate surface area is 102 Å². The highest BCUT2D eigenvalue weighted by molar-refractivity contribution is 5.86. The van der Waals surface area contributed by atoms with E-state index in [4.69, 9.17) is 15.2 Å². The average molecular weight is 242 g/mol. The molecule has 0 aliphatic carbocycles. The van der Waals surface area contributed by atoms with Crippen molar-refractivity contribution in [2.45, 2.75) is 50.3 Å². The Morgan fingerprint density at radius 3 is 2.71 bits per heavy atom. The molecule has 2 saturated heterocycles. The van der Waals surface area contributed by atoms with Gasteiger partial charge in [0.2, 0.25) is 5.91 Å². The molecule has 0 aromatic carbocycles. The van der Waals surface area contributed by atoms with Crippen molar-refractivity contribution in [1.29, 1.82) is 0 Å². The van der Waals surface area contributed by atoms with E-state index in [0.717, 1.165) is 19.4 Å². The number of rotatable bonds is 3. The highest BCUT2D eigenvalue weighted by Gasteiger charge is 2.37. The molecule has 2 unspecified atom stereocenters. The lowest BCUT2D eigenvalue weighted by atomic mass is 9.90. The number of hydrogen-bond donors (Lipinski definition) is 2. The maximum absolute atomic E-state index is 12.1. The van der Waals surface area contributed by atoms with Crippen LogP contribution in [0.15, 0.2) is 0 Å². The second-order valence-corrected chi connectivity index (χ2v) is 5.08. The Morgan fingerprint density at radius 2 is 2.12 bits per heavy atom. The maximum Gasteiger partial charge on any atom is 0.240 e. The Morgan fingerprint density at radius 1 is 1.41 bits per heavy atom. The van der Waals surface area contributed by atoms with Crippen LogP contribution < -0.4 is 11.1 Å². The van der Waals surface area contributed by atoms with E-state index in [2.05, 4.69) is 5.32 Å². The van der Waals surface area contributed by atoms with Crippen molar-refractivity contribution in [3.8, 4) is 0 Å². The molecule has 2 heterocycles. The van der Waals surface area contributed by atoms with Crippen LogP contribution in [0.25, 0.3) is 0 Å². The van der Waals surface area contributed by atoms with E-state index in [1.165, 1.54) is 0 Å². The number of hydrogen-bond acceptors (Lipinski definition) is 4. The molecular formula is C12H22N2O3. The summed E-state index contributed by atoms with van der Waals surface area (Å²) in [5.74, 6) is -0.0659. The Hall–Kier alpha value is -0.650. The summed E-state index contributed by atoms with van der Waals surface area (Å²) < 4.78 is 10.8. The molecule has 2 aliphatic rings. The van der Waals surface area contributed by atoms with Crippen LogP contribution in [0.2, 0.25) is 0 Å². The second-order valence-electron chi connectivity index (χ2n) is 5.08. The van der Waals surface area contributed by atoms with Gasteiger partial charge in [-0.05, 0) is 32.6 Å². The molecule has 3 N–H and O–H groups in total. The first-order valence-corrected chi connectivity index (χ1v) is 6.41. The summed E-state index contributed by atoms with van der Waals surface area (Å²) in [4.78, 5) is 12.1. The molecule has 5 nitrogen and oxygen atoms in total. The van der Waals surface area contributed by atoms with E-state index >= 15 is 0 Å². The van der Waals surface area contributed by atoms with Gasteiger partial charge in [0, 0.05) is 19.8 Å². The van der Waals surface area contributed by atoms with Crippen molar-refractivity contribution in [2.75, 3.05) is 19.8 Å². The van der Waals surface area contributed by atoms with Crippen LogP contribution in [-0.4, -0.2) is 43.4 Å². The number of carbonyl (C=O) groups is 1. The third kappa shape index (κ3) is 2.97. The molecule has 0 aromatic heterocycles. The molecule has 2 aliphatic heterocycles. The Kier molecular flexibility index (Phi) is 4.01. The first-order valence-electron chi connectivity index (χ1n) is 6.41. The molecule has 17 heavy (non-hydrogen) atoms. The van der Waals surface area contributed by atoms with Crippen molar-refractivity contribution in [3.05, 3.63) is 0 Å². The van der Waals surface area contributed by atoms with Crippen LogP contribution >= 0.6 is 0 Å². The van der Waals surface area contributed by atoms with E-state index in [9.17, 15) is 4.79 Å². The standard InChI is InChI=1S/C12H22N2O3/c1-9(10-3-2-6-17-10)14-11(15)12(13)4-7-16-8-5-12/h9-10H,2-8,13H2,1H3,(H,14,15). The van der Waals surface area contributed by atoms with Gasteiger partial charge in [0.15, 0.2) is 0 Å². The Balaban J connectivity index is 1.86. The van der Waals surface area contributed by atoms with Gasteiger partial charge in [0.05, 0.1) is 17.7 Å². The van der Waals surface area contributed by atoms with Crippen LogP contribution in [0.1, 0.15) is 32.6 Å². The summed E-state index contributed by atoms with van der Waals surface area (Å²) in [7, 11) is 0. The smallest absolute Gasteiger partial charge is 0.240 e. The summed E-state index contributed by atoms with van der Waals surface area (Å²) in [5.41, 5.74) is 5.36. The summed E-state index contributed by atoms with van der Waals surface area (Å²) in [5, 5.41) is 2.99. The molecule has 5 heteroatoms. The first kappa shape index (κ1) is 12.8. The van der Waals surface area contributed by atoms with Gasteiger partial charge in [-0.3, -0.25) is 4.79 Å². The number of ether oxygens (including phenoxy) is 2. The van der Waals surface area contributed by atoms with Gasteiger partial charge in [-0.2, -0.15) is 0 Å². The minimum Gasteiger partial charge on any atom is -0.381 e. The molecule has 1 amide bonds. The Bertz CT molecular complexity index is 271. The van der Waals surface area contributed by atoms with E-state index in [1.807, 2.05) is 6.92 Å². The fourth-order valence-corrected chi connectivity index (χ4v) is 2.40. The normalized spacial score (nSPS) is 29.9. The zero-order valence-corrected chi connectivity index (χ0v) is 10.4. The molecule has 0 aromatic rings. The summed E-state index contributed by atoms with van der Waals surface area (Å²) in [6, 6.07) is 0.0354. The quantitative estimate of drug-likeness (QED) is 0.740. The van der Waals surface area contributed by atoms with E-state index < -0.39 is 5.54 Å². The fraction of sp³-hybridized carbons (Fsp3) is 0.917. The van der Waals surface area contributed by atoms with Gasteiger partial charge in [-0.25, -0.2) is 0 Å². The van der Waals surface area contributed by atoms with Gasteiger partial charge >= 0.3 is 0 Å². The van der Waals surface area contributed by atoms with Gasteiger partial charge in [0.1, 0.15) is 0 Å². The molecule has 2 atom stereocenters. The van der Waals surface area contributed by atoms with Crippen molar-refractivity contribution < 1.29 is 14.3 Å². The minimum atomic E-state index is -0.759. The number of amides is 1. The molecule has 0 saturated carbocycles. The number of carbonyl (C=O) groups excluding carboxylic acids is 1. The fourth-order valence-electron chi connectivity index (χ4n) is 2.40. The highest BCUT2D eigenvalue weighted by atomic mass is 16.5. The minimum absolute atomic E-state index is 0.0354. The molecule has 0 spiro atoms. The predicted octanol–water partition coefficient (Wildman–Crippen LogP) is 0.178. The third-order valence-corrected chi connectivity index (χ3v) is 3.72. The predicted molar refractivity (Wildman–Crippen MR) is 63.6 cm³/mol. The van der Waals surface area contributed by atoms with E-state index in [1.54, 1.807) is 0 Å². The van der Waals surface area contributed by atoms with Crippen LogP contribution in [0, 0.1) is 0 Å². The second kappa shape index (κ2) is 5.33. The van der Waals surface area contributed by atoms with Crippen molar-refractivity contribution in [2.24, 2.45) is 5.73 Å². The lowest BCUT2D eigenvalue weighted by Crippen LogP contribution is -2.59. The molecule has 2 rings (SSSR count). The van der Waals surface area contributed by atoms with Crippen molar-refractivity contribution >= 4 is 5.91 Å². The third-order valence-electron chi connectivity index (χ3n) is 3.72. The van der Waals surface area contributed by atoms with E-state index in [0.29, 0.717) is 26.1 Å².